The lowest BCUT2D eigenvalue weighted by molar-refractivity contribution is 0.224. The van der Waals surface area contributed by atoms with E-state index in [9.17, 15) is 0 Å². The zero-order chi connectivity index (χ0) is 14.8. The molecule has 114 valence electrons. The quantitative estimate of drug-likeness (QED) is 0.711. The summed E-state index contributed by atoms with van der Waals surface area (Å²) < 4.78 is 11.1. The second-order valence-electron chi connectivity index (χ2n) is 4.81. The standard InChI is InChI=1S/C14H26N4O2/c1-5-8-11(4)10-20-14-17-12(15-7-3)16-13(18-14)19-9-6-2/h11H,5-10H2,1-4H3,(H,15,16,17,18). The molecule has 0 saturated heterocycles. The molecule has 0 spiro atoms. The van der Waals surface area contributed by atoms with Crippen LogP contribution in [0.1, 0.15) is 47.0 Å². The lowest BCUT2D eigenvalue weighted by Crippen LogP contribution is -2.13. The second-order valence-corrected chi connectivity index (χ2v) is 4.81. The smallest absolute Gasteiger partial charge is 0.324 e. The van der Waals surface area contributed by atoms with Gasteiger partial charge in [0.05, 0.1) is 13.2 Å². The Morgan fingerprint density at radius 1 is 1.00 bits per heavy atom. The maximum absolute atomic E-state index is 5.65. The number of hydrogen-bond donors (Lipinski definition) is 1. The maximum Gasteiger partial charge on any atom is 0.324 e. The minimum absolute atomic E-state index is 0.316. The summed E-state index contributed by atoms with van der Waals surface area (Å²) in [4.78, 5) is 12.6. The van der Waals surface area contributed by atoms with E-state index in [1.54, 1.807) is 0 Å². The van der Waals surface area contributed by atoms with E-state index in [-0.39, 0.29) is 0 Å². The Bertz CT molecular complexity index is 387. The van der Waals surface area contributed by atoms with Gasteiger partial charge in [-0.25, -0.2) is 0 Å². The van der Waals surface area contributed by atoms with Crippen LogP contribution in [-0.2, 0) is 0 Å². The molecule has 20 heavy (non-hydrogen) atoms. The molecule has 1 atom stereocenters. The SMILES string of the molecule is CCCOc1nc(NCC)nc(OCC(C)CCC)n1. The highest BCUT2D eigenvalue weighted by atomic mass is 16.5. The van der Waals surface area contributed by atoms with Crippen molar-refractivity contribution in [2.45, 2.75) is 47.0 Å². The molecule has 6 heteroatoms. The second kappa shape index (κ2) is 9.34. The predicted molar refractivity (Wildman–Crippen MR) is 79.3 cm³/mol. The molecule has 0 aliphatic carbocycles. The molecule has 1 aromatic heterocycles. The number of nitrogens with zero attached hydrogens (tertiary/aromatic N) is 3. The van der Waals surface area contributed by atoms with Gasteiger partial charge in [0.2, 0.25) is 5.95 Å². The average Bonchev–Trinajstić information content (AvgIpc) is 2.43. The first-order valence-electron chi connectivity index (χ1n) is 7.45. The first kappa shape index (κ1) is 16.5. The summed E-state index contributed by atoms with van der Waals surface area (Å²) in [5, 5.41) is 3.06. The van der Waals surface area contributed by atoms with Gasteiger partial charge in [-0.3, -0.25) is 0 Å². The first-order valence-corrected chi connectivity index (χ1v) is 7.45. The molecule has 1 aromatic rings. The van der Waals surface area contributed by atoms with Gasteiger partial charge in [0, 0.05) is 6.54 Å². The fourth-order valence-electron chi connectivity index (χ4n) is 1.69. The highest BCUT2D eigenvalue weighted by molar-refractivity contribution is 5.27. The summed E-state index contributed by atoms with van der Waals surface area (Å²) in [5.74, 6) is 0.978. The monoisotopic (exact) mass is 282 g/mol. The van der Waals surface area contributed by atoms with Crippen molar-refractivity contribution in [3.8, 4) is 12.0 Å². The van der Waals surface area contributed by atoms with Crippen molar-refractivity contribution in [2.24, 2.45) is 5.92 Å². The molecule has 0 amide bonds. The molecule has 0 aliphatic rings. The van der Waals surface area contributed by atoms with Crippen molar-refractivity contribution < 1.29 is 9.47 Å². The maximum atomic E-state index is 5.65. The van der Waals surface area contributed by atoms with Crippen molar-refractivity contribution in [1.29, 1.82) is 0 Å². The summed E-state index contributed by atoms with van der Waals surface area (Å²) >= 11 is 0. The Kier molecular flexibility index (Phi) is 7.69. The number of nitrogens with one attached hydrogen (secondary N) is 1. The molecule has 1 heterocycles. The van der Waals surface area contributed by atoms with Gasteiger partial charge in [-0.1, -0.05) is 27.2 Å². The predicted octanol–water partition coefficient (Wildman–Crippen LogP) is 2.91. The summed E-state index contributed by atoms with van der Waals surface area (Å²) in [5.41, 5.74) is 0. The van der Waals surface area contributed by atoms with E-state index >= 15 is 0 Å². The fourth-order valence-corrected chi connectivity index (χ4v) is 1.69. The van der Waals surface area contributed by atoms with Crippen LogP contribution in [-0.4, -0.2) is 34.7 Å². The normalized spacial score (nSPS) is 12.0. The largest absolute Gasteiger partial charge is 0.463 e. The lowest BCUT2D eigenvalue weighted by atomic mass is 10.1. The Balaban J connectivity index is 2.69. The van der Waals surface area contributed by atoms with Gasteiger partial charge in [0.1, 0.15) is 0 Å². The number of rotatable bonds is 10. The molecule has 0 aliphatic heterocycles. The number of aromatic nitrogens is 3. The topological polar surface area (TPSA) is 69.2 Å². The molecule has 0 bridgehead atoms. The highest BCUT2D eigenvalue weighted by Gasteiger charge is 2.10. The number of ether oxygens (including phenoxy) is 2. The molecular formula is C14H26N4O2. The van der Waals surface area contributed by atoms with E-state index in [0.717, 1.165) is 25.8 Å². The lowest BCUT2D eigenvalue weighted by Gasteiger charge is -2.12. The van der Waals surface area contributed by atoms with Crippen LogP contribution in [0.25, 0.3) is 0 Å². The summed E-state index contributed by atoms with van der Waals surface area (Å²) in [6, 6.07) is 0.640. The van der Waals surface area contributed by atoms with Gasteiger partial charge in [0.25, 0.3) is 0 Å². The Morgan fingerprint density at radius 3 is 2.30 bits per heavy atom. The molecule has 1 unspecified atom stereocenters. The third-order valence-corrected chi connectivity index (χ3v) is 2.64. The molecule has 1 rings (SSSR count). The van der Waals surface area contributed by atoms with Gasteiger partial charge in [-0.05, 0) is 25.7 Å². The van der Waals surface area contributed by atoms with Crippen molar-refractivity contribution in [3.05, 3.63) is 0 Å². The van der Waals surface area contributed by atoms with E-state index in [1.807, 2.05) is 13.8 Å². The Morgan fingerprint density at radius 2 is 1.70 bits per heavy atom. The molecule has 0 radical (unpaired) electrons. The molecule has 0 fully saturated rings. The molecule has 1 N–H and O–H groups in total. The van der Waals surface area contributed by atoms with Crippen LogP contribution in [0.4, 0.5) is 5.95 Å². The highest BCUT2D eigenvalue weighted by Crippen LogP contribution is 2.15. The van der Waals surface area contributed by atoms with E-state index in [2.05, 4.69) is 34.1 Å². The van der Waals surface area contributed by atoms with E-state index in [0.29, 0.717) is 37.1 Å². The van der Waals surface area contributed by atoms with Crippen LogP contribution in [0.15, 0.2) is 0 Å². The summed E-state index contributed by atoms with van der Waals surface area (Å²) in [6.45, 7) is 10.3. The zero-order valence-electron chi connectivity index (χ0n) is 13.0. The number of hydrogen-bond acceptors (Lipinski definition) is 6. The van der Waals surface area contributed by atoms with Gasteiger partial charge in [-0.2, -0.15) is 9.97 Å². The van der Waals surface area contributed by atoms with Gasteiger partial charge in [-0.15, -0.1) is 4.98 Å². The van der Waals surface area contributed by atoms with E-state index < -0.39 is 0 Å². The third-order valence-electron chi connectivity index (χ3n) is 2.64. The Hall–Kier alpha value is -1.59. The van der Waals surface area contributed by atoms with Crippen molar-refractivity contribution in [2.75, 3.05) is 25.1 Å². The molecule has 6 nitrogen and oxygen atoms in total. The van der Waals surface area contributed by atoms with E-state index in [4.69, 9.17) is 9.47 Å². The minimum Gasteiger partial charge on any atom is -0.463 e. The summed E-state index contributed by atoms with van der Waals surface area (Å²) in [6.07, 6.45) is 3.19. The van der Waals surface area contributed by atoms with Crippen LogP contribution in [0.2, 0.25) is 0 Å². The number of anilines is 1. The van der Waals surface area contributed by atoms with Crippen LogP contribution < -0.4 is 14.8 Å². The van der Waals surface area contributed by atoms with Crippen molar-refractivity contribution >= 4 is 5.95 Å². The van der Waals surface area contributed by atoms with Crippen LogP contribution in [0.3, 0.4) is 0 Å². The fraction of sp³-hybridized carbons (Fsp3) is 0.786. The average molecular weight is 282 g/mol. The minimum atomic E-state index is 0.316. The van der Waals surface area contributed by atoms with Crippen LogP contribution in [0.5, 0.6) is 12.0 Å². The van der Waals surface area contributed by atoms with Gasteiger partial charge in [0.15, 0.2) is 0 Å². The van der Waals surface area contributed by atoms with Crippen LogP contribution >= 0.6 is 0 Å². The molecular weight excluding hydrogens is 256 g/mol. The molecule has 0 saturated carbocycles. The zero-order valence-corrected chi connectivity index (χ0v) is 13.0. The van der Waals surface area contributed by atoms with Crippen LogP contribution in [0, 0.1) is 5.92 Å². The van der Waals surface area contributed by atoms with Gasteiger partial charge < -0.3 is 14.8 Å². The van der Waals surface area contributed by atoms with Crippen molar-refractivity contribution in [3.63, 3.8) is 0 Å². The summed E-state index contributed by atoms with van der Waals surface area (Å²) in [7, 11) is 0. The Labute approximate surface area is 121 Å². The third kappa shape index (κ3) is 6.04. The van der Waals surface area contributed by atoms with E-state index in [1.165, 1.54) is 0 Å². The van der Waals surface area contributed by atoms with Crippen molar-refractivity contribution in [1.82, 2.24) is 15.0 Å². The first-order chi connectivity index (χ1) is 9.69. The molecule has 0 aromatic carbocycles. The van der Waals surface area contributed by atoms with Gasteiger partial charge >= 0.3 is 12.0 Å².